The molecule has 8 heteroatoms. The molecule has 1 unspecified atom stereocenters. The lowest BCUT2D eigenvalue weighted by atomic mass is 10.1. The Labute approximate surface area is 123 Å². The van der Waals surface area contributed by atoms with Gasteiger partial charge in [0.25, 0.3) is 5.91 Å². The van der Waals surface area contributed by atoms with Crippen molar-refractivity contribution in [3.63, 3.8) is 0 Å². The van der Waals surface area contributed by atoms with Gasteiger partial charge in [0.15, 0.2) is 0 Å². The first-order chi connectivity index (χ1) is 9.86. The van der Waals surface area contributed by atoms with Crippen molar-refractivity contribution in [3.05, 3.63) is 35.1 Å². The molecule has 21 heavy (non-hydrogen) atoms. The monoisotopic (exact) mass is 325 g/mol. The van der Waals surface area contributed by atoms with Crippen molar-refractivity contribution in [2.45, 2.75) is 12.2 Å². The second-order valence-electron chi connectivity index (χ2n) is 4.55. The van der Waals surface area contributed by atoms with Gasteiger partial charge in [0.1, 0.15) is 5.82 Å². The lowest BCUT2D eigenvalue weighted by molar-refractivity contribution is -0.140. The molecule has 0 bridgehead atoms. The lowest BCUT2D eigenvalue weighted by Crippen LogP contribution is -2.49. The number of rotatable bonds is 2. The number of hydrogen-bond acceptors (Lipinski definition) is 2. The molecule has 0 aromatic heterocycles. The van der Waals surface area contributed by atoms with Crippen LogP contribution in [0.15, 0.2) is 18.2 Å². The zero-order chi connectivity index (χ0) is 15.6. The van der Waals surface area contributed by atoms with Crippen LogP contribution in [-0.2, 0) is 10.9 Å². The fourth-order valence-corrected chi connectivity index (χ4v) is 2.38. The summed E-state index contributed by atoms with van der Waals surface area (Å²) >= 11 is 5.70. The fourth-order valence-electron chi connectivity index (χ4n) is 2.12. The third kappa shape index (κ3) is 3.29. The van der Waals surface area contributed by atoms with E-state index in [2.05, 4.69) is 0 Å². The predicted molar refractivity (Wildman–Crippen MR) is 67.8 cm³/mol. The summed E-state index contributed by atoms with van der Waals surface area (Å²) in [5.74, 6) is -2.31. The van der Waals surface area contributed by atoms with Crippen molar-refractivity contribution in [1.82, 2.24) is 4.90 Å². The van der Waals surface area contributed by atoms with Crippen molar-refractivity contribution in [2.24, 2.45) is 0 Å². The summed E-state index contributed by atoms with van der Waals surface area (Å²) in [5, 5.41) is 0. The number of carbonyl (C=O) groups is 1. The molecule has 0 saturated carbocycles. The van der Waals surface area contributed by atoms with Gasteiger partial charge in [-0.05, 0) is 12.1 Å². The number of amides is 1. The number of ether oxygens (including phenoxy) is 1. The molecule has 0 spiro atoms. The standard InChI is InChI=1S/C13H12ClF4NO2/c14-6-8-7-21-5-4-19(8)12(20)9-2-1-3-10(11(9)15)13(16,17)18/h1-3,8H,4-7H2. The molecule has 1 aromatic carbocycles. The number of halogens is 5. The molecule has 1 fully saturated rings. The van der Waals surface area contributed by atoms with E-state index in [0.29, 0.717) is 6.07 Å². The Morgan fingerprint density at radius 3 is 2.76 bits per heavy atom. The van der Waals surface area contributed by atoms with Crippen LogP contribution in [0.1, 0.15) is 15.9 Å². The normalized spacial score (nSPS) is 19.7. The maximum absolute atomic E-state index is 14.0. The van der Waals surface area contributed by atoms with Gasteiger partial charge in [-0.15, -0.1) is 11.6 Å². The van der Waals surface area contributed by atoms with Crippen LogP contribution in [0.3, 0.4) is 0 Å². The Morgan fingerprint density at radius 1 is 1.43 bits per heavy atom. The van der Waals surface area contributed by atoms with Gasteiger partial charge >= 0.3 is 6.18 Å². The molecule has 1 amide bonds. The van der Waals surface area contributed by atoms with E-state index >= 15 is 0 Å². The zero-order valence-electron chi connectivity index (χ0n) is 10.8. The van der Waals surface area contributed by atoms with Crippen molar-refractivity contribution in [2.75, 3.05) is 25.6 Å². The van der Waals surface area contributed by atoms with Gasteiger partial charge in [-0.3, -0.25) is 4.79 Å². The molecule has 1 aliphatic rings. The van der Waals surface area contributed by atoms with Crippen molar-refractivity contribution < 1.29 is 27.1 Å². The number of nitrogens with zero attached hydrogens (tertiary/aromatic N) is 1. The highest BCUT2D eigenvalue weighted by Crippen LogP contribution is 2.32. The second kappa shape index (κ2) is 6.19. The Morgan fingerprint density at radius 2 is 2.14 bits per heavy atom. The summed E-state index contributed by atoms with van der Waals surface area (Å²) in [6.45, 7) is 0.571. The van der Waals surface area contributed by atoms with Crippen LogP contribution >= 0.6 is 11.6 Å². The van der Waals surface area contributed by atoms with Crippen LogP contribution in [0.4, 0.5) is 17.6 Å². The Balaban J connectivity index is 2.35. The molecule has 1 aliphatic heterocycles. The minimum Gasteiger partial charge on any atom is -0.377 e. The van der Waals surface area contributed by atoms with E-state index in [0.717, 1.165) is 12.1 Å². The highest BCUT2D eigenvalue weighted by atomic mass is 35.5. The molecule has 1 saturated heterocycles. The van der Waals surface area contributed by atoms with Crippen LogP contribution < -0.4 is 0 Å². The van der Waals surface area contributed by atoms with E-state index in [1.165, 1.54) is 4.90 Å². The first-order valence-electron chi connectivity index (χ1n) is 6.16. The average Bonchev–Trinajstić information content (AvgIpc) is 2.45. The van der Waals surface area contributed by atoms with E-state index in [4.69, 9.17) is 16.3 Å². The molecule has 1 heterocycles. The van der Waals surface area contributed by atoms with Gasteiger partial charge in [-0.2, -0.15) is 13.2 Å². The number of hydrogen-bond donors (Lipinski definition) is 0. The minimum atomic E-state index is -4.85. The summed E-state index contributed by atoms with van der Waals surface area (Å²) in [6, 6.07) is 2.16. The van der Waals surface area contributed by atoms with E-state index in [1.807, 2.05) is 0 Å². The summed E-state index contributed by atoms with van der Waals surface area (Å²) in [4.78, 5) is 13.5. The second-order valence-corrected chi connectivity index (χ2v) is 4.86. The molecule has 1 aromatic rings. The smallest absolute Gasteiger partial charge is 0.377 e. The van der Waals surface area contributed by atoms with Crippen molar-refractivity contribution in [3.8, 4) is 0 Å². The third-order valence-electron chi connectivity index (χ3n) is 3.20. The van der Waals surface area contributed by atoms with Gasteiger partial charge in [-0.1, -0.05) is 6.07 Å². The molecule has 0 radical (unpaired) electrons. The predicted octanol–water partition coefficient (Wildman–Crippen LogP) is 2.92. The molecule has 116 valence electrons. The minimum absolute atomic E-state index is 0.0618. The molecule has 0 aliphatic carbocycles. The van der Waals surface area contributed by atoms with E-state index in [-0.39, 0.29) is 25.6 Å². The Hall–Kier alpha value is -1.34. The Kier molecular flexibility index (Phi) is 4.73. The topological polar surface area (TPSA) is 29.5 Å². The number of carbonyl (C=O) groups excluding carboxylic acids is 1. The molecule has 2 rings (SSSR count). The fraction of sp³-hybridized carbons (Fsp3) is 0.462. The van der Waals surface area contributed by atoms with Crippen LogP contribution in [0, 0.1) is 5.82 Å². The summed E-state index contributed by atoms with van der Waals surface area (Å²) in [5.41, 5.74) is -2.06. The molecule has 3 nitrogen and oxygen atoms in total. The summed E-state index contributed by atoms with van der Waals surface area (Å²) < 4.78 is 57.1. The molecular formula is C13H12ClF4NO2. The highest BCUT2D eigenvalue weighted by Gasteiger charge is 2.37. The van der Waals surface area contributed by atoms with Gasteiger partial charge < -0.3 is 9.64 Å². The quantitative estimate of drug-likeness (QED) is 0.618. The Bertz CT molecular complexity index is 535. The molecule has 1 atom stereocenters. The van der Waals surface area contributed by atoms with Crippen LogP contribution in [0.5, 0.6) is 0 Å². The maximum Gasteiger partial charge on any atom is 0.419 e. The van der Waals surface area contributed by atoms with Gasteiger partial charge in [0, 0.05) is 12.4 Å². The van der Waals surface area contributed by atoms with E-state index in [9.17, 15) is 22.4 Å². The van der Waals surface area contributed by atoms with Crippen LogP contribution in [-0.4, -0.2) is 42.5 Å². The molecular weight excluding hydrogens is 314 g/mol. The third-order valence-corrected chi connectivity index (χ3v) is 3.56. The number of morpholine rings is 1. The van der Waals surface area contributed by atoms with Gasteiger partial charge in [0.05, 0.1) is 30.4 Å². The zero-order valence-corrected chi connectivity index (χ0v) is 11.5. The van der Waals surface area contributed by atoms with E-state index in [1.54, 1.807) is 0 Å². The van der Waals surface area contributed by atoms with E-state index < -0.39 is 35.1 Å². The largest absolute Gasteiger partial charge is 0.419 e. The highest BCUT2D eigenvalue weighted by molar-refractivity contribution is 6.18. The molecule has 0 N–H and O–H groups in total. The summed E-state index contributed by atoms with van der Waals surface area (Å²) in [7, 11) is 0. The first-order valence-corrected chi connectivity index (χ1v) is 6.70. The van der Waals surface area contributed by atoms with Crippen LogP contribution in [0.2, 0.25) is 0 Å². The van der Waals surface area contributed by atoms with Gasteiger partial charge in [0.2, 0.25) is 0 Å². The first kappa shape index (κ1) is 16.0. The number of benzene rings is 1. The van der Waals surface area contributed by atoms with Crippen molar-refractivity contribution in [1.29, 1.82) is 0 Å². The van der Waals surface area contributed by atoms with Crippen molar-refractivity contribution >= 4 is 17.5 Å². The van der Waals surface area contributed by atoms with Gasteiger partial charge in [-0.25, -0.2) is 4.39 Å². The lowest BCUT2D eigenvalue weighted by Gasteiger charge is -2.34. The summed E-state index contributed by atoms with van der Waals surface area (Å²) in [6.07, 6.45) is -4.85. The number of alkyl halides is 4. The SMILES string of the molecule is O=C(c1cccc(C(F)(F)F)c1F)N1CCOCC1CCl. The van der Waals surface area contributed by atoms with Crippen LogP contribution in [0.25, 0.3) is 0 Å². The maximum atomic E-state index is 14.0. The average molecular weight is 326 g/mol.